The third-order valence-electron chi connectivity index (χ3n) is 1.04. The molecule has 0 unspecified atom stereocenters. The summed E-state index contributed by atoms with van der Waals surface area (Å²) in [5.41, 5.74) is 6.08. The molecule has 0 saturated heterocycles. The fourth-order valence-corrected chi connectivity index (χ4v) is 1.33. The molecule has 1 aromatic carbocycles. The average molecular weight is 316 g/mol. The quantitative estimate of drug-likeness (QED) is 0.445. The van der Waals surface area contributed by atoms with Crippen molar-refractivity contribution in [3.05, 3.63) is 26.0 Å². The molecule has 0 saturated carbocycles. The molecule has 0 atom stereocenters. The summed E-state index contributed by atoms with van der Waals surface area (Å²) < 4.78 is 13.8. The third kappa shape index (κ3) is 1.60. The van der Waals surface area contributed by atoms with Gasteiger partial charge in [-0.2, -0.15) is 0 Å². The van der Waals surface area contributed by atoms with E-state index in [1.54, 1.807) is 6.07 Å². The van der Waals surface area contributed by atoms with Crippen molar-refractivity contribution in [2.45, 2.75) is 0 Å². The Morgan fingerprint density at radius 2 is 2.10 bits per heavy atom. The zero-order chi connectivity index (χ0) is 7.72. The van der Waals surface area contributed by atoms with Crippen LogP contribution in [0.1, 0.15) is 0 Å². The molecule has 2 N–H and O–H groups in total. The van der Waals surface area contributed by atoms with Crippen LogP contribution in [0.15, 0.2) is 16.6 Å². The standard InChI is InChI=1S/C6H4BrFIN/c7-3-1-6(10)5(9)2-4(3)8/h1-2H,10H2. The van der Waals surface area contributed by atoms with Crippen LogP contribution < -0.4 is 5.73 Å². The lowest BCUT2D eigenvalue weighted by molar-refractivity contribution is 0.620. The molecule has 54 valence electrons. The fraction of sp³-hybridized carbons (Fsp3) is 0. The van der Waals surface area contributed by atoms with Crippen molar-refractivity contribution in [2.75, 3.05) is 5.73 Å². The molecule has 0 heterocycles. The molecule has 4 heteroatoms. The van der Waals surface area contributed by atoms with Crippen molar-refractivity contribution >= 4 is 44.2 Å². The second-order valence-electron chi connectivity index (χ2n) is 1.79. The van der Waals surface area contributed by atoms with Crippen molar-refractivity contribution in [3.63, 3.8) is 0 Å². The van der Waals surface area contributed by atoms with E-state index >= 15 is 0 Å². The van der Waals surface area contributed by atoms with Crippen LogP contribution >= 0.6 is 38.5 Å². The monoisotopic (exact) mass is 315 g/mol. The van der Waals surface area contributed by atoms with Crippen molar-refractivity contribution in [1.82, 2.24) is 0 Å². The Balaban J connectivity index is 3.28. The third-order valence-corrected chi connectivity index (χ3v) is 2.58. The highest BCUT2D eigenvalue weighted by molar-refractivity contribution is 14.1. The smallest absolute Gasteiger partial charge is 0.138 e. The van der Waals surface area contributed by atoms with E-state index in [0.717, 1.165) is 3.57 Å². The predicted octanol–water partition coefficient (Wildman–Crippen LogP) is 2.78. The van der Waals surface area contributed by atoms with Crippen molar-refractivity contribution < 1.29 is 4.39 Å². The second-order valence-corrected chi connectivity index (χ2v) is 3.80. The average Bonchev–Trinajstić information content (AvgIpc) is 1.84. The van der Waals surface area contributed by atoms with Gasteiger partial charge in [-0.15, -0.1) is 0 Å². The van der Waals surface area contributed by atoms with Crippen LogP contribution in [0.5, 0.6) is 0 Å². The molecule has 0 aliphatic heterocycles. The van der Waals surface area contributed by atoms with Crippen molar-refractivity contribution in [1.29, 1.82) is 0 Å². The molecule has 1 aromatic rings. The Labute approximate surface area is 80.1 Å². The van der Waals surface area contributed by atoms with Gasteiger partial charge in [-0.3, -0.25) is 0 Å². The van der Waals surface area contributed by atoms with Crippen molar-refractivity contribution in [3.8, 4) is 0 Å². The van der Waals surface area contributed by atoms with E-state index in [9.17, 15) is 4.39 Å². The number of halogens is 3. The summed E-state index contributed by atoms with van der Waals surface area (Å²) in [6.45, 7) is 0. The number of anilines is 1. The first-order valence-corrected chi connectivity index (χ1v) is 4.38. The van der Waals surface area contributed by atoms with Gasteiger partial charge in [0.1, 0.15) is 5.82 Å². The van der Waals surface area contributed by atoms with E-state index in [1.165, 1.54) is 6.07 Å². The van der Waals surface area contributed by atoms with E-state index in [-0.39, 0.29) is 5.82 Å². The van der Waals surface area contributed by atoms with E-state index < -0.39 is 0 Å². The molecule has 0 amide bonds. The maximum Gasteiger partial charge on any atom is 0.138 e. The molecule has 1 nitrogen and oxygen atoms in total. The summed E-state index contributed by atoms with van der Waals surface area (Å²) in [6.07, 6.45) is 0. The number of rotatable bonds is 0. The number of benzene rings is 1. The Kier molecular flexibility index (Phi) is 2.51. The van der Waals surface area contributed by atoms with Gasteiger partial charge in [0.25, 0.3) is 0 Å². The number of hydrogen-bond donors (Lipinski definition) is 1. The zero-order valence-electron chi connectivity index (χ0n) is 4.87. The van der Waals surface area contributed by atoms with Gasteiger partial charge >= 0.3 is 0 Å². The molecule has 0 fully saturated rings. The summed E-state index contributed by atoms with van der Waals surface area (Å²) in [5, 5.41) is 0. The number of nitrogen functional groups attached to an aromatic ring is 1. The van der Waals surface area contributed by atoms with Gasteiger partial charge < -0.3 is 5.73 Å². The predicted molar refractivity (Wildman–Crippen MR) is 51.2 cm³/mol. The Bertz CT molecular complexity index is 214. The summed E-state index contributed by atoms with van der Waals surface area (Å²) in [6, 6.07) is 2.94. The minimum Gasteiger partial charge on any atom is -0.398 e. The minimum atomic E-state index is -0.279. The van der Waals surface area contributed by atoms with E-state index in [0.29, 0.717) is 10.2 Å². The lowest BCUT2D eigenvalue weighted by Crippen LogP contribution is -1.90. The first-order valence-electron chi connectivity index (χ1n) is 2.51. The van der Waals surface area contributed by atoms with E-state index in [4.69, 9.17) is 5.73 Å². The Morgan fingerprint density at radius 1 is 1.50 bits per heavy atom. The van der Waals surface area contributed by atoms with E-state index in [2.05, 4.69) is 15.9 Å². The first kappa shape index (κ1) is 8.26. The molecule has 0 aromatic heterocycles. The van der Waals surface area contributed by atoms with Gasteiger partial charge in [0.2, 0.25) is 0 Å². The van der Waals surface area contributed by atoms with Crippen LogP contribution in [0.25, 0.3) is 0 Å². The highest BCUT2D eigenvalue weighted by Gasteiger charge is 2.01. The van der Waals surface area contributed by atoms with Crippen LogP contribution in [-0.2, 0) is 0 Å². The lowest BCUT2D eigenvalue weighted by atomic mass is 10.3. The molecule has 0 bridgehead atoms. The van der Waals surface area contributed by atoms with Crippen molar-refractivity contribution in [2.24, 2.45) is 0 Å². The van der Waals surface area contributed by atoms with Gasteiger partial charge in [-0.05, 0) is 50.7 Å². The molecular formula is C6H4BrFIN. The van der Waals surface area contributed by atoms with Crippen LogP contribution in [0.2, 0.25) is 0 Å². The summed E-state index contributed by atoms with van der Waals surface area (Å²) in [7, 11) is 0. The van der Waals surface area contributed by atoms with Gasteiger partial charge in [0.05, 0.1) is 4.47 Å². The molecule has 0 aliphatic rings. The van der Waals surface area contributed by atoms with Crippen LogP contribution in [0.4, 0.5) is 10.1 Å². The Hall–Kier alpha value is 0.160. The highest BCUT2D eigenvalue weighted by Crippen LogP contribution is 2.23. The lowest BCUT2D eigenvalue weighted by Gasteiger charge is -1.98. The molecular weight excluding hydrogens is 312 g/mol. The van der Waals surface area contributed by atoms with Gasteiger partial charge in [0.15, 0.2) is 0 Å². The molecule has 1 rings (SSSR count). The zero-order valence-corrected chi connectivity index (χ0v) is 8.61. The number of hydrogen-bond acceptors (Lipinski definition) is 1. The molecule has 0 spiro atoms. The molecule has 0 aliphatic carbocycles. The minimum absolute atomic E-state index is 0.279. The summed E-state index contributed by atoms with van der Waals surface area (Å²) >= 11 is 5.00. The van der Waals surface area contributed by atoms with Crippen LogP contribution in [0, 0.1) is 9.39 Å². The van der Waals surface area contributed by atoms with Crippen LogP contribution in [-0.4, -0.2) is 0 Å². The van der Waals surface area contributed by atoms with Gasteiger partial charge in [0, 0.05) is 9.26 Å². The van der Waals surface area contributed by atoms with Crippen LogP contribution in [0.3, 0.4) is 0 Å². The summed E-state index contributed by atoms with van der Waals surface area (Å²) in [5.74, 6) is -0.279. The second kappa shape index (κ2) is 3.04. The van der Waals surface area contributed by atoms with E-state index in [1.807, 2.05) is 22.6 Å². The largest absolute Gasteiger partial charge is 0.398 e. The maximum absolute atomic E-state index is 12.7. The normalized spacial score (nSPS) is 9.90. The molecule has 10 heavy (non-hydrogen) atoms. The molecule has 0 radical (unpaired) electrons. The fourth-order valence-electron chi connectivity index (χ4n) is 0.538. The topological polar surface area (TPSA) is 26.0 Å². The summed E-state index contributed by atoms with van der Waals surface area (Å²) in [4.78, 5) is 0. The SMILES string of the molecule is Nc1cc(Br)c(F)cc1I. The Morgan fingerprint density at radius 3 is 2.60 bits per heavy atom. The number of nitrogens with two attached hydrogens (primary N) is 1. The van der Waals surface area contributed by atoms with Gasteiger partial charge in [-0.25, -0.2) is 4.39 Å². The maximum atomic E-state index is 12.7. The van der Waals surface area contributed by atoms with Gasteiger partial charge in [-0.1, -0.05) is 0 Å². The first-order chi connectivity index (χ1) is 4.61. The highest BCUT2D eigenvalue weighted by atomic mass is 127.